The molecule has 0 fully saturated rings. The van der Waals surface area contributed by atoms with Gasteiger partial charge in [0, 0.05) is 62.0 Å². The number of hydrogen-bond donors (Lipinski definition) is 21. The fraction of sp³-hybridized carbons (Fsp3) is 0.590. The lowest BCUT2D eigenvalue weighted by Gasteiger charge is -2.56. The molecule has 0 aromatic heterocycles. The second kappa shape index (κ2) is 38.6. The number of carboxylic acid groups (broad SMARTS) is 5. The Kier molecular flexibility index (Phi) is 39.3. The van der Waals surface area contributed by atoms with E-state index in [0.29, 0.717) is 0 Å². The summed E-state index contributed by atoms with van der Waals surface area (Å²) in [6.07, 6.45) is 11.7. The van der Waals surface area contributed by atoms with Crippen LogP contribution >= 0.6 is 76.0 Å². The predicted molar refractivity (Wildman–Crippen MR) is 327 cm³/mol. The molecule has 0 aliphatic carbocycles. The minimum absolute atomic E-state index is 0. The van der Waals surface area contributed by atoms with Crippen molar-refractivity contribution < 1.29 is 219 Å². The van der Waals surface area contributed by atoms with Gasteiger partial charge in [0.1, 0.15) is 37.8 Å². The SMILES string of the molecule is C.C.C.O=C(O)CN1C=CN(CC(O)(P(=O)(O)O)P(=O)(O)O)C1.O=C(O)CN1C=CN(CC(O)(P(=O)([O-])O)P(=O)(O)O)C1.O=C(O)CN1C=CN(CC(O)(P(=O)([O-])O)P(=O)([O-])O)C1.O=C(O)CN1C=CN(CC(O)(P(=O)([O-])O)P(=O)([O-])O)C1.O=C(O)CN1C=CN(CC(O)(P(=O)([O-])[O-])P(=O)([O-])[O-])C1.[CH3-]. The van der Waals surface area contributed by atoms with Crippen molar-refractivity contribution in [2.75, 3.05) is 98.8 Å². The van der Waals surface area contributed by atoms with Crippen LogP contribution < -0.4 is 44.0 Å². The molecule has 104 heavy (non-hydrogen) atoms. The van der Waals surface area contributed by atoms with Crippen molar-refractivity contribution in [2.24, 2.45) is 0 Å². The van der Waals surface area contributed by atoms with E-state index in [9.17, 15) is 139 Å². The zero-order valence-electron chi connectivity index (χ0n) is 50.5. The summed E-state index contributed by atoms with van der Waals surface area (Å²) in [5, 5.41) is 71.8. The molecule has 65 heteroatoms. The van der Waals surface area contributed by atoms with Crippen molar-refractivity contribution in [1.82, 2.24) is 49.0 Å². The van der Waals surface area contributed by atoms with Crippen molar-refractivity contribution in [3.05, 3.63) is 69.4 Å². The largest absolute Gasteiger partial charge is 0.808 e. The summed E-state index contributed by atoms with van der Waals surface area (Å²) in [7, 11) is -58.1. The molecule has 0 amide bonds. The molecule has 5 aliphatic rings. The topological polar surface area (TPSA) is 921 Å². The highest BCUT2D eigenvalue weighted by atomic mass is 31.3. The van der Waals surface area contributed by atoms with Crippen LogP contribution in [0.1, 0.15) is 22.3 Å². The molecule has 5 rings (SSSR count). The standard InChI is InChI=1S/5C7H14N2O9P2.3CH4.CH3/c5*10-6(11)3-8-1-2-9(5-8)4-7(12,19(13,14)15)20(16,17)18;;;;/h5*1-2,12H,3-5H2,(H,10,11)(H2,13,14,15)(H2,16,17,18);3*1H4;1H3/q;;;;;;;;-1/p-9. The van der Waals surface area contributed by atoms with Gasteiger partial charge in [0.05, 0.1) is 66.1 Å². The van der Waals surface area contributed by atoms with Gasteiger partial charge in [0.15, 0.2) is 38.0 Å². The maximum absolute atomic E-state index is 11.1. The van der Waals surface area contributed by atoms with Crippen LogP contribution in [-0.2, 0) is 69.6 Å². The molecule has 6 unspecified atom stereocenters. The maximum Gasteiger partial charge on any atom is 0.371 e. The third-order valence-corrected chi connectivity index (χ3v) is 30.7. The first-order valence-corrected chi connectivity index (χ1v) is 41.1. The number of β-amino-alcohol motifs (C(OH)–C–C–N with tert-alkyl or cyclic N) is 5. The number of rotatable bonds is 30. The molecule has 0 spiro atoms. The molecule has 21 N–H and O–H groups in total. The molecule has 0 aromatic rings. The van der Waals surface area contributed by atoms with Crippen LogP contribution in [0.4, 0.5) is 0 Å². The highest BCUT2D eigenvalue weighted by Crippen LogP contribution is 2.69. The molecule has 0 saturated carbocycles. The van der Waals surface area contributed by atoms with Crippen molar-refractivity contribution in [3.8, 4) is 0 Å². The quantitative estimate of drug-likeness (QED) is 0.0235. The second-order valence-electron chi connectivity index (χ2n) is 20.7. The van der Waals surface area contributed by atoms with Gasteiger partial charge in [0.2, 0.25) is 15.2 Å². The number of carboxylic acids is 5. The van der Waals surface area contributed by atoms with E-state index in [1.165, 1.54) is 56.8 Å². The summed E-state index contributed by atoms with van der Waals surface area (Å²) in [5.41, 5.74) is 0. The Morgan fingerprint density at radius 3 is 0.538 bits per heavy atom. The van der Waals surface area contributed by atoms with Gasteiger partial charge in [-0.2, -0.15) is 0 Å². The summed E-state index contributed by atoms with van der Waals surface area (Å²) in [4.78, 5) is 259. The molecular formula is C39H76N10O45P10-10. The highest BCUT2D eigenvalue weighted by molar-refractivity contribution is 7.73. The zero-order valence-corrected chi connectivity index (χ0v) is 59.5. The van der Waals surface area contributed by atoms with Crippen LogP contribution in [-0.4, -0.2) is 308 Å². The lowest BCUT2D eigenvalue weighted by molar-refractivity contribution is -0.349. The average molecular weight is 1710 g/mol. The van der Waals surface area contributed by atoms with E-state index in [1.807, 2.05) is 0 Å². The Hall–Kier alpha value is -4.65. The normalized spacial score (nSPS) is 19.9. The number of aliphatic hydroxyl groups is 5. The van der Waals surface area contributed by atoms with Crippen molar-refractivity contribution in [1.29, 1.82) is 0 Å². The molecule has 5 heterocycles. The third-order valence-electron chi connectivity index (χ3n) is 12.6. The highest BCUT2D eigenvalue weighted by Gasteiger charge is 2.61. The first kappa shape index (κ1) is 106. The number of hydrogen-bond acceptors (Lipinski definition) is 39. The minimum Gasteiger partial charge on any atom is -0.808 e. The van der Waals surface area contributed by atoms with Gasteiger partial charge in [-0.15, -0.1) is 0 Å². The molecule has 0 bridgehead atoms. The van der Waals surface area contributed by atoms with Gasteiger partial charge in [-0.25, -0.2) is 0 Å². The van der Waals surface area contributed by atoms with Gasteiger partial charge < -0.3 is 237 Å². The zero-order chi connectivity index (χ0) is 78.8. The Labute approximate surface area is 587 Å². The Bertz CT molecular complexity index is 2970. The second-order valence-corrected chi connectivity index (χ2v) is 40.4. The number of aliphatic carboxylic acids is 5. The molecule has 6 atom stereocenters. The van der Waals surface area contributed by atoms with Crippen LogP contribution in [0.3, 0.4) is 0 Å². The van der Waals surface area contributed by atoms with Gasteiger partial charge in [-0.1, -0.05) is 22.3 Å². The van der Waals surface area contributed by atoms with E-state index in [-0.39, 0.29) is 63.1 Å². The summed E-state index contributed by atoms with van der Waals surface area (Å²) in [6.45, 7) is -9.15. The molecule has 0 radical (unpaired) electrons. The number of carbonyl (C=O) groups is 5. The first-order chi connectivity index (χ1) is 44.3. The van der Waals surface area contributed by atoms with Crippen molar-refractivity contribution in [3.63, 3.8) is 0 Å². The van der Waals surface area contributed by atoms with Gasteiger partial charge in [-0.3, -0.25) is 37.7 Å². The Balaban J connectivity index is -0.000000595. The van der Waals surface area contributed by atoms with E-state index in [4.69, 9.17) is 79.4 Å². The van der Waals surface area contributed by atoms with E-state index >= 15 is 0 Å². The molecule has 0 aromatic carbocycles. The Morgan fingerprint density at radius 1 is 0.269 bits per heavy atom. The Morgan fingerprint density at radius 2 is 0.404 bits per heavy atom. The van der Waals surface area contributed by atoms with Gasteiger partial charge in [-0.05, 0) is 15.2 Å². The molecular weight excluding hydrogens is 1640 g/mol. The van der Waals surface area contributed by atoms with Crippen molar-refractivity contribution >= 4 is 106 Å². The summed E-state index contributed by atoms with van der Waals surface area (Å²) < 4.78 is 110. The average Bonchev–Trinajstić information content (AvgIpc) is 1.19. The third kappa shape index (κ3) is 29.4. The van der Waals surface area contributed by atoms with Crippen molar-refractivity contribution in [2.45, 2.75) is 47.7 Å². The van der Waals surface area contributed by atoms with Crippen LogP contribution in [0, 0.1) is 7.43 Å². The van der Waals surface area contributed by atoms with E-state index < -0.39 is 197 Å². The minimum atomic E-state index is -6.15. The van der Waals surface area contributed by atoms with Crippen LogP contribution in [0.15, 0.2) is 62.0 Å². The van der Waals surface area contributed by atoms with Crippen LogP contribution in [0.25, 0.3) is 0 Å². The smallest absolute Gasteiger partial charge is 0.371 e. The van der Waals surface area contributed by atoms with E-state index in [0.717, 1.165) is 54.2 Å². The van der Waals surface area contributed by atoms with Gasteiger partial charge >= 0.3 is 52.6 Å². The first-order valence-electron chi connectivity index (χ1n) is 25.3. The van der Waals surface area contributed by atoms with E-state index in [1.54, 1.807) is 0 Å². The lowest BCUT2D eigenvalue weighted by atomic mass is 10.6. The predicted octanol–water partition coefficient (Wildman–Crippen LogP) is -12.7. The number of nitrogens with zero attached hydrogens (tertiary/aromatic N) is 10. The fourth-order valence-electron chi connectivity index (χ4n) is 7.54. The van der Waals surface area contributed by atoms with Gasteiger partial charge in [0.25, 0.3) is 5.08 Å². The summed E-state index contributed by atoms with van der Waals surface area (Å²) in [6, 6.07) is 0. The molecule has 5 aliphatic heterocycles. The monoisotopic (exact) mass is 1710 g/mol. The lowest BCUT2D eigenvalue weighted by Crippen LogP contribution is -2.52. The fourth-order valence-corrected chi connectivity index (χ4v) is 17.6. The van der Waals surface area contributed by atoms with Crippen LogP contribution in [0.2, 0.25) is 0 Å². The maximum atomic E-state index is 11.1. The molecule has 0 saturated heterocycles. The van der Waals surface area contributed by atoms with Crippen LogP contribution in [0.5, 0.6) is 0 Å². The molecule has 612 valence electrons. The molecule has 55 nitrogen and oxygen atoms in total. The summed E-state index contributed by atoms with van der Waals surface area (Å²) in [5.74, 6) is -5.89. The summed E-state index contributed by atoms with van der Waals surface area (Å²) >= 11 is 0. The van der Waals surface area contributed by atoms with E-state index in [2.05, 4.69) is 0 Å².